The molecule has 0 unspecified atom stereocenters. The van der Waals surface area contributed by atoms with Crippen LogP contribution in [0.4, 0.5) is 0 Å². The number of amidine groups is 1. The van der Waals surface area contributed by atoms with E-state index in [1.165, 1.54) is 14.2 Å². The highest BCUT2D eigenvalue weighted by atomic mass is 35.5. The molecule has 6 nitrogen and oxygen atoms in total. The number of fused-ring (bicyclic) bond motifs is 1. The number of hydrogen-bond donors (Lipinski definition) is 1. The van der Waals surface area contributed by atoms with Gasteiger partial charge >= 0.3 is 0 Å². The van der Waals surface area contributed by atoms with Gasteiger partial charge < -0.3 is 15.2 Å². The molecule has 22 heavy (non-hydrogen) atoms. The smallest absolute Gasteiger partial charge is 0.292 e. The van der Waals surface area contributed by atoms with Crippen LogP contribution in [0.2, 0.25) is 5.02 Å². The van der Waals surface area contributed by atoms with E-state index < -0.39 is 22.7 Å². The minimum Gasteiger partial charge on any atom is -0.386 e. The van der Waals surface area contributed by atoms with Gasteiger partial charge in [0.15, 0.2) is 5.41 Å². The fraction of sp³-hybridized carbons (Fsp3) is 0.400. The van der Waals surface area contributed by atoms with Crippen LogP contribution < -0.4 is 5.73 Å². The average Bonchev–Trinajstić information content (AvgIpc) is 3.10. The number of nitrogens with two attached hydrogens (primary N) is 1. The lowest BCUT2D eigenvalue weighted by molar-refractivity contribution is -0.230. The third-order valence-electron chi connectivity index (χ3n) is 4.70. The molecule has 1 aliphatic heterocycles. The van der Waals surface area contributed by atoms with E-state index in [0.29, 0.717) is 10.6 Å². The number of methoxy groups -OCH3 is 2. The quantitative estimate of drug-likeness (QED) is 0.856. The third-order valence-corrected chi connectivity index (χ3v) is 5.04. The molecular formula is C15H13ClN4O2. The molecule has 3 rings (SSSR count). The van der Waals surface area contributed by atoms with Crippen molar-refractivity contribution in [1.29, 1.82) is 10.5 Å². The van der Waals surface area contributed by atoms with Crippen LogP contribution >= 0.6 is 11.6 Å². The summed E-state index contributed by atoms with van der Waals surface area (Å²) in [5.41, 5.74) is 3.99. The first-order valence-corrected chi connectivity index (χ1v) is 6.92. The Bertz CT molecular complexity index is 762. The van der Waals surface area contributed by atoms with Crippen LogP contribution in [0.25, 0.3) is 0 Å². The second-order valence-corrected chi connectivity index (χ2v) is 5.69. The molecular weight excluding hydrogens is 304 g/mol. The van der Waals surface area contributed by atoms with Crippen molar-refractivity contribution in [1.82, 2.24) is 0 Å². The van der Waals surface area contributed by atoms with Gasteiger partial charge in [0.2, 0.25) is 0 Å². The van der Waals surface area contributed by atoms with Crippen LogP contribution in [-0.2, 0) is 9.47 Å². The van der Waals surface area contributed by atoms with Crippen molar-refractivity contribution in [2.24, 2.45) is 21.6 Å². The summed E-state index contributed by atoms with van der Waals surface area (Å²) in [7, 11) is 2.74. The lowest BCUT2D eigenvalue weighted by Gasteiger charge is -2.29. The summed E-state index contributed by atoms with van der Waals surface area (Å²) < 4.78 is 10.8. The standard InChI is InChI=1S/C15H13ClN4O2/c1-21-15(22-2)14(8-18)11(9-5-3-4-6-10(9)16)13(14,7-17)12(19)20-15/h3-6,11H,1-2H3,(H2,19,20)/t11-,13+,14+/m0/s1. The van der Waals surface area contributed by atoms with Gasteiger partial charge in [0.1, 0.15) is 11.3 Å². The highest BCUT2D eigenvalue weighted by molar-refractivity contribution is 6.31. The summed E-state index contributed by atoms with van der Waals surface area (Å²) in [5.74, 6) is -2.16. The zero-order valence-electron chi connectivity index (χ0n) is 12.0. The van der Waals surface area contributed by atoms with Gasteiger partial charge in [-0.2, -0.15) is 10.5 Å². The predicted molar refractivity (Wildman–Crippen MR) is 78.7 cm³/mol. The normalized spacial score (nSPS) is 34.2. The number of aliphatic imine (C=N–C) groups is 1. The molecule has 1 saturated carbocycles. The van der Waals surface area contributed by atoms with Gasteiger partial charge in [0.05, 0.1) is 12.1 Å². The van der Waals surface area contributed by atoms with Crippen LogP contribution in [-0.4, -0.2) is 26.0 Å². The summed E-state index contributed by atoms with van der Waals surface area (Å²) in [4.78, 5) is 4.14. The maximum Gasteiger partial charge on any atom is 0.292 e. The van der Waals surface area contributed by atoms with Gasteiger partial charge in [-0.1, -0.05) is 29.8 Å². The Morgan fingerprint density at radius 3 is 2.36 bits per heavy atom. The summed E-state index contributed by atoms with van der Waals surface area (Å²) in [5, 5.41) is 20.1. The van der Waals surface area contributed by atoms with E-state index in [2.05, 4.69) is 17.1 Å². The lowest BCUT2D eigenvalue weighted by Crippen LogP contribution is -2.41. The molecule has 7 heteroatoms. The number of ether oxygens (including phenoxy) is 2. The molecule has 0 spiro atoms. The first-order valence-electron chi connectivity index (χ1n) is 6.54. The third kappa shape index (κ3) is 1.25. The molecule has 1 fully saturated rings. The molecule has 0 radical (unpaired) electrons. The van der Waals surface area contributed by atoms with Crippen molar-refractivity contribution in [3.63, 3.8) is 0 Å². The SMILES string of the molecule is COC1(OC)N=C(N)[C@@]2(C#N)[C@H](c3ccccc3Cl)[C@@]12C#N. The van der Waals surface area contributed by atoms with E-state index in [4.69, 9.17) is 26.8 Å². The number of nitriles is 2. The van der Waals surface area contributed by atoms with Crippen LogP contribution in [0.1, 0.15) is 11.5 Å². The zero-order valence-corrected chi connectivity index (χ0v) is 12.8. The molecule has 1 heterocycles. The van der Waals surface area contributed by atoms with Gasteiger partial charge in [0, 0.05) is 25.2 Å². The van der Waals surface area contributed by atoms with Crippen LogP contribution in [0.3, 0.4) is 0 Å². The van der Waals surface area contributed by atoms with Gasteiger partial charge in [-0.25, -0.2) is 4.99 Å². The molecule has 0 saturated heterocycles. The summed E-state index contributed by atoms with van der Waals surface area (Å²) in [6.45, 7) is 0. The van der Waals surface area contributed by atoms with Crippen molar-refractivity contribution in [2.75, 3.05) is 14.2 Å². The maximum atomic E-state index is 9.87. The Labute approximate surface area is 132 Å². The van der Waals surface area contributed by atoms with Gasteiger partial charge in [0.25, 0.3) is 5.91 Å². The molecule has 0 amide bonds. The second kappa shape index (κ2) is 4.44. The zero-order chi connectivity index (χ0) is 16.2. The van der Waals surface area contributed by atoms with Gasteiger partial charge in [-0.3, -0.25) is 0 Å². The predicted octanol–water partition coefficient (Wildman–Crippen LogP) is 1.77. The lowest BCUT2D eigenvalue weighted by atomic mass is 9.93. The number of hydrogen-bond acceptors (Lipinski definition) is 6. The summed E-state index contributed by atoms with van der Waals surface area (Å²) in [6, 6.07) is 11.4. The van der Waals surface area contributed by atoms with E-state index in [-0.39, 0.29) is 5.84 Å². The minimum atomic E-state index is -1.62. The molecule has 3 atom stereocenters. The molecule has 2 N–H and O–H groups in total. The Hall–Kier alpha value is -2.12. The highest BCUT2D eigenvalue weighted by Crippen LogP contribution is 2.82. The second-order valence-electron chi connectivity index (χ2n) is 5.28. The largest absolute Gasteiger partial charge is 0.386 e. The van der Waals surface area contributed by atoms with Crippen LogP contribution in [0.15, 0.2) is 29.3 Å². The van der Waals surface area contributed by atoms with E-state index >= 15 is 0 Å². The number of benzene rings is 1. The van der Waals surface area contributed by atoms with Crippen molar-refractivity contribution in [2.45, 2.75) is 11.8 Å². The van der Waals surface area contributed by atoms with Crippen molar-refractivity contribution in [3.05, 3.63) is 34.9 Å². The van der Waals surface area contributed by atoms with Crippen LogP contribution in [0.5, 0.6) is 0 Å². The summed E-state index contributed by atoms with van der Waals surface area (Å²) in [6.07, 6.45) is 0. The Kier molecular flexibility index (Phi) is 2.99. The fourth-order valence-corrected chi connectivity index (χ4v) is 3.94. The Balaban J connectivity index is 2.29. The Morgan fingerprint density at radius 2 is 1.86 bits per heavy atom. The molecule has 1 aromatic rings. The molecule has 2 aliphatic rings. The summed E-state index contributed by atoms with van der Waals surface area (Å²) >= 11 is 6.25. The first kappa shape index (κ1) is 14.8. The molecule has 0 bridgehead atoms. The van der Waals surface area contributed by atoms with Crippen molar-refractivity contribution < 1.29 is 9.47 Å². The molecule has 112 valence electrons. The van der Waals surface area contributed by atoms with Crippen molar-refractivity contribution in [3.8, 4) is 12.1 Å². The van der Waals surface area contributed by atoms with E-state index in [9.17, 15) is 10.5 Å². The van der Waals surface area contributed by atoms with Gasteiger partial charge in [-0.15, -0.1) is 0 Å². The number of halogens is 1. The molecule has 0 aromatic heterocycles. The highest BCUT2D eigenvalue weighted by Gasteiger charge is 2.93. The number of rotatable bonds is 3. The maximum absolute atomic E-state index is 9.87. The molecule has 1 aromatic carbocycles. The first-order chi connectivity index (χ1) is 10.5. The molecule has 1 aliphatic carbocycles. The average molecular weight is 317 g/mol. The van der Waals surface area contributed by atoms with Crippen LogP contribution in [0, 0.1) is 33.5 Å². The van der Waals surface area contributed by atoms with E-state index in [0.717, 1.165) is 0 Å². The minimum absolute atomic E-state index is 0.0326. The van der Waals surface area contributed by atoms with E-state index in [1.54, 1.807) is 24.3 Å². The number of nitrogens with zero attached hydrogens (tertiary/aromatic N) is 3. The van der Waals surface area contributed by atoms with Gasteiger partial charge in [-0.05, 0) is 11.6 Å². The monoisotopic (exact) mass is 316 g/mol. The van der Waals surface area contributed by atoms with E-state index in [1.807, 2.05) is 0 Å². The fourth-order valence-electron chi connectivity index (χ4n) is 3.70. The van der Waals surface area contributed by atoms with Crippen molar-refractivity contribution >= 4 is 17.4 Å². The topological polar surface area (TPSA) is 104 Å². The Morgan fingerprint density at radius 1 is 1.23 bits per heavy atom.